The van der Waals surface area contributed by atoms with Crippen molar-refractivity contribution in [3.8, 4) is 0 Å². The van der Waals surface area contributed by atoms with Gasteiger partial charge in [-0.3, -0.25) is 0 Å². The lowest BCUT2D eigenvalue weighted by molar-refractivity contribution is 0.163. The first-order valence-electron chi connectivity index (χ1n) is 6.82. The molecule has 0 saturated carbocycles. The van der Waals surface area contributed by atoms with Gasteiger partial charge in [0.2, 0.25) is 5.95 Å². The van der Waals surface area contributed by atoms with E-state index < -0.39 is 0 Å². The van der Waals surface area contributed by atoms with Crippen LogP contribution in [-0.2, 0) is 4.74 Å². The number of aromatic nitrogens is 2. The number of ether oxygens (including phenoxy) is 1. The molecule has 0 aliphatic carbocycles. The summed E-state index contributed by atoms with van der Waals surface area (Å²) >= 11 is 0. The molecule has 1 aromatic heterocycles. The van der Waals surface area contributed by atoms with E-state index in [2.05, 4.69) is 41.8 Å². The van der Waals surface area contributed by atoms with Gasteiger partial charge in [-0.15, -0.1) is 0 Å². The van der Waals surface area contributed by atoms with Gasteiger partial charge in [0.15, 0.2) is 0 Å². The summed E-state index contributed by atoms with van der Waals surface area (Å²) in [6, 6.07) is 0.309. The number of rotatable bonds is 8. The Morgan fingerprint density at radius 2 is 2.11 bits per heavy atom. The van der Waals surface area contributed by atoms with Crippen LogP contribution in [0, 0.1) is 12.8 Å². The summed E-state index contributed by atoms with van der Waals surface area (Å²) in [6.45, 7) is 10.4. The van der Waals surface area contributed by atoms with Gasteiger partial charge in [-0.25, -0.2) is 4.98 Å². The van der Waals surface area contributed by atoms with E-state index in [4.69, 9.17) is 4.74 Å². The molecule has 1 heterocycles. The maximum atomic E-state index is 5.20. The van der Waals surface area contributed by atoms with Crippen molar-refractivity contribution in [2.24, 2.45) is 5.92 Å². The van der Waals surface area contributed by atoms with Gasteiger partial charge in [0.25, 0.3) is 0 Å². The average molecular weight is 253 g/mol. The summed E-state index contributed by atoms with van der Waals surface area (Å²) in [5, 5.41) is 3.43. The zero-order chi connectivity index (χ0) is 13.5. The molecule has 4 nitrogen and oxygen atoms in total. The zero-order valence-electron chi connectivity index (χ0n) is 12.4. The van der Waals surface area contributed by atoms with E-state index in [9.17, 15) is 0 Å². The highest BCUT2D eigenvalue weighted by Crippen LogP contribution is 2.16. The van der Waals surface area contributed by atoms with Crippen LogP contribution in [0.15, 0.2) is 6.20 Å². The van der Waals surface area contributed by atoms with Crippen LogP contribution in [0.4, 0.5) is 5.95 Å². The molecule has 0 bridgehead atoms. The predicted molar refractivity (Wildman–Crippen MR) is 76.1 cm³/mol. The van der Waals surface area contributed by atoms with Crippen molar-refractivity contribution in [1.29, 1.82) is 0 Å². The van der Waals surface area contributed by atoms with E-state index in [1.165, 1.54) is 12.8 Å². The number of nitrogens with one attached hydrogen (secondary N) is 1. The molecule has 0 fully saturated rings. The van der Waals surface area contributed by atoms with Crippen LogP contribution < -0.4 is 5.32 Å². The second kappa shape index (κ2) is 7.41. The molecule has 0 aromatic carbocycles. The summed E-state index contributed by atoms with van der Waals surface area (Å²) in [5.41, 5.74) is 1.05. The number of aryl methyl sites for hydroxylation is 1. The number of anilines is 1. The summed E-state index contributed by atoms with van der Waals surface area (Å²) in [6.07, 6.45) is 4.51. The standard InChI is InChI=1S/C14H27N3O/c1-11(2)7-6-8-15-14-16-12(3)9-17(14)13(4)10-18-5/h9,11,13H,6-8,10H2,1-5H3,(H,15,16). The second-order valence-corrected chi connectivity index (χ2v) is 5.38. The van der Waals surface area contributed by atoms with Crippen LogP contribution in [0.3, 0.4) is 0 Å². The lowest BCUT2D eigenvalue weighted by atomic mass is 10.1. The first-order chi connectivity index (χ1) is 8.54. The van der Waals surface area contributed by atoms with Crippen molar-refractivity contribution in [3.05, 3.63) is 11.9 Å². The first-order valence-corrected chi connectivity index (χ1v) is 6.82. The SMILES string of the molecule is COCC(C)n1cc(C)nc1NCCCC(C)C. The minimum Gasteiger partial charge on any atom is -0.383 e. The van der Waals surface area contributed by atoms with Crippen LogP contribution in [0.25, 0.3) is 0 Å². The van der Waals surface area contributed by atoms with Crippen molar-refractivity contribution in [3.63, 3.8) is 0 Å². The first kappa shape index (κ1) is 15.0. The maximum Gasteiger partial charge on any atom is 0.203 e. The van der Waals surface area contributed by atoms with Gasteiger partial charge in [-0.05, 0) is 32.6 Å². The lowest BCUT2D eigenvalue weighted by Crippen LogP contribution is -2.15. The van der Waals surface area contributed by atoms with Crippen molar-refractivity contribution in [2.45, 2.75) is 46.6 Å². The van der Waals surface area contributed by atoms with E-state index in [1.54, 1.807) is 7.11 Å². The summed E-state index contributed by atoms with van der Waals surface area (Å²) < 4.78 is 7.36. The van der Waals surface area contributed by atoms with Crippen molar-refractivity contribution < 1.29 is 4.74 Å². The fourth-order valence-electron chi connectivity index (χ4n) is 2.01. The van der Waals surface area contributed by atoms with E-state index in [-0.39, 0.29) is 0 Å². The van der Waals surface area contributed by atoms with Crippen LogP contribution >= 0.6 is 0 Å². The maximum absolute atomic E-state index is 5.20. The summed E-state index contributed by atoms with van der Waals surface area (Å²) in [7, 11) is 1.73. The molecule has 0 aliphatic heterocycles. The van der Waals surface area contributed by atoms with Crippen LogP contribution in [0.5, 0.6) is 0 Å². The third kappa shape index (κ3) is 4.69. The van der Waals surface area contributed by atoms with Crippen molar-refractivity contribution in [2.75, 3.05) is 25.6 Å². The van der Waals surface area contributed by atoms with Crippen molar-refractivity contribution in [1.82, 2.24) is 9.55 Å². The normalized spacial score (nSPS) is 13.0. The lowest BCUT2D eigenvalue weighted by Gasteiger charge is -2.16. The molecular formula is C14H27N3O. The molecule has 1 atom stereocenters. The zero-order valence-corrected chi connectivity index (χ0v) is 12.4. The minimum absolute atomic E-state index is 0.309. The third-order valence-corrected chi connectivity index (χ3v) is 2.98. The Hall–Kier alpha value is -1.03. The quantitative estimate of drug-likeness (QED) is 0.723. The topological polar surface area (TPSA) is 39.1 Å². The van der Waals surface area contributed by atoms with E-state index in [0.717, 1.165) is 24.1 Å². The van der Waals surface area contributed by atoms with Gasteiger partial charge in [0.1, 0.15) is 0 Å². The highest BCUT2D eigenvalue weighted by Gasteiger charge is 2.11. The van der Waals surface area contributed by atoms with E-state index >= 15 is 0 Å². The summed E-state index contributed by atoms with van der Waals surface area (Å²) in [5.74, 6) is 1.72. The van der Waals surface area contributed by atoms with Gasteiger partial charge in [0.05, 0.1) is 18.3 Å². The molecule has 0 saturated heterocycles. The molecule has 0 aliphatic rings. The highest BCUT2D eigenvalue weighted by molar-refractivity contribution is 5.29. The predicted octanol–water partition coefficient (Wildman–Crippen LogP) is 3.25. The molecule has 0 spiro atoms. The molecular weight excluding hydrogens is 226 g/mol. The number of hydrogen-bond donors (Lipinski definition) is 1. The van der Waals surface area contributed by atoms with Gasteiger partial charge in [-0.2, -0.15) is 0 Å². The molecule has 1 N–H and O–H groups in total. The molecule has 0 amide bonds. The van der Waals surface area contributed by atoms with E-state index in [0.29, 0.717) is 12.6 Å². The Balaban J connectivity index is 2.53. The molecule has 104 valence electrons. The largest absolute Gasteiger partial charge is 0.383 e. The van der Waals surface area contributed by atoms with Gasteiger partial charge < -0.3 is 14.6 Å². The van der Waals surface area contributed by atoms with Crippen LogP contribution in [-0.4, -0.2) is 29.8 Å². The fourth-order valence-corrected chi connectivity index (χ4v) is 2.01. The Bertz CT molecular complexity index is 347. The smallest absolute Gasteiger partial charge is 0.203 e. The second-order valence-electron chi connectivity index (χ2n) is 5.38. The Kier molecular flexibility index (Phi) is 6.19. The fraction of sp³-hybridized carbons (Fsp3) is 0.786. The van der Waals surface area contributed by atoms with Crippen molar-refractivity contribution >= 4 is 5.95 Å². The van der Waals surface area contributed by atoms with E-state index in [1.807, 2.05) is 6.92 Å². The van der Waals surface area contributed by atoms with Crippen LogP contribution in [0.1, 0.15) is 45.3 Å². The highest BCUT2D eigenvalue weighted by atomic mass is 16.5. The summed E-state index contributed by atoms with van der Waals surface area (Å²) in [4.78, 5) is 4.53. The Labute approximate surface area is 111 Å². The van der Waals surface area contributed by atoms with Gasteiger partial charge >= 0.3 is 0 Å². The molecule has 1 aromatic rings. The average Bonchev–Trinajstić information content (AvgIpc) is 2.66. The number of methoxy groups -OCH3 is 1. The van der Waals surface area contributed by atoms with Gasteiger partial charge in [0, 0.05) is 19.9 Å². The number of imidazole rings is 1. The van der Waals surface area contributed by atoms with Gasteiger partial charge in [-0.1, -0.05) is 13.8 Å². The molecule has 18 heavy (non-hydrogen) atoms. The molecule has 4 heteroatoms. The molecule has 0 radical (unpaired) electrons. The number of hydrogen-bond acceptors (Lipinski definition) is 3. The molecule has 1 rings (SSSR count). The molecule has 1 unspecified atom stereocenters. The Morgan fingerprint density at radius 1 is 1.39 bits per heavy atom. The third-order valence-electron chi connectivity index (χ3n) is 2.98. The number of nitrogens with zero attached hydrogens (tertiary/aromatic N) is 2. The Morgan fingerprint density at radius 3 is 2.72 bits per heavy atom. The monoisotopic (exact) mass is 253 g/mol. The van der Waals surface area contributed by atoms with Crippen LogP contribution in [0.2, 0.25) is 0 Å². The minimum atomic E-state index is 0.309.